The second-order valence-corrected chi connectivity index (χ2v) is 17.2. The van der Waals surface area contributed by atoms with E-state index in [0.717, 1.165) is 60.7 Å². The molecule has 45 heavy (non-hydrogen) atoms. The molecule has 1 saturated carbocycles. The number of aryl methyl sites for hydroxylation is 1. The third-order valence-electron chi connectivity index (χ3n) is 11.5. The summed E-state index contributed by atoms with van der Waals surface area (Å²) in [6.07, 6.45) is 8.98. The summed E-state index contributed by atoms with van der Waals surface area (Å²) in [5.74, 6) is 0.651. The van der Waals surface area contributed by atoms with Crippen molar-refractivity contribution < 1.29 is 18.3 Å². The molecule has 0 amide bonds. The summed E-state index contributed by atoms with van der Waals surface area (Å²) in [6.45, 7) is 9.45. The quantitative estimate of drug-likeness (QED) is 0.340. The van der Waals surface area contributed by atoms with Crippen molar-refractivity contribution in [3.63, 3.8) is 0 Å². The van der Waals surface area contributed by atoms with Gasteiger partial charge in [-0.15, -0.1) is 0 Å². The average molecular weight is 652 g/mol. The van der Waals surface area contributed by atoms with Crippen molar-refractivity contribution in [2.75, 3.05) is 24.6 Å². The van der Waals surface area contributed by atoms with E-state index in [9.17, 15) is 18.8 Å². The monoisotopic (exact) mass is 651 g/mol. The van der Waals surface area contributed by atoms with Gasteiger partial charge in [0.25, 0.3) is 0 Å². The largest absolute Gasteiger partial charge is 0.490 e. The van der Waals surface area contributed by atoms with Crippen molar-refractivity contribution in [2.45, 2.75) is 89.0 Å². The highest BCUT2D eigenvalue weighted by atomic mass is 35.5. The van der Waals surface area contributed by atoms with E-state index in [1.807, 2.05) is 51.1 Å². The van der Waals surface area contributed by atoms with E-state index in [4.69, 9.17) is 16.3 Å². The Hall–Kier alpha value is -2.57. The molecule has 2 heterocycles. The van der Waals surface area contributed by atoms with Crippen LogP contribution in [0.5, 0.6) is 5.75 Å². The second-order valence-electron chi connectivity index (χ2n) is 14.6. The summed E-state index contributed by atoms with van der Waals surface area (Å²) in [6, 6.07) is 14.6. The zero-order chi connectivity index (χ0) is 32.2. The number of nitrogens with zero attached hydrogens (tertiary/aromatic N) is 2. The fourth-order valence-electron chi connectivity index (χ4n) is 8.08. The standard InChI is InChI=1S/C36H46ClN3O4S/c1-24-7-5-16-36(41,34(3,4)21-38)31-12-10-28(31)20-40-22-35(15-6-8-27-18-29(37)11-13-30(27)35)23-44-33-14-9-26(17-32(33)40)19-39-45(42,43)25(24)2/h5,9,11,13-14,16-18,24-25,28,31,39,41H,6-8,10,12,15,19-20,22-23H2,1-4H3/b16-5+/t24-,25+,28-,31+,35-,36+/m0/s1. The Morgan fingerprint density at radius 3 is 2.71 bits per heavy atom. The number of hydrogen-bond acceptors (Lipinski definition) is 6. The van der Waals surface area contributed by atoms with Crippen LogP contribution in [-0.4, -0.2) is 44.1 Å². The molecule has 0 unspecified atom stereocenters. The van der Waals surface area contributed by atoms with Crippen LogP contribution in [0.3, 0.4) is 0 Å². The van der Waals surface area contributed by atoms with Gasteiger partial charge in [-0.2, -0.15) is 5.26 Å². The number of hydrogen-bond donors (Lipinski definition) is 2. The summed E-state index contributed by atoms with van der Waals surface area (Å²) in [5, 5.41) is 22.7. The maximum atomic E-state index is 13.4. The molecule has 1 fully saturated rings. The van der Waals surface area contributed by atoms with Crippen LogP contribution in [0, 0.1) is 34.5 Å². The fourth-order valence-corrected chi connectivity index (χ4v) is 9.63. The number of halogens is 1. The van der Waals surface area contributed by atoms with Crippen LogP contribution in [0.4, 0.5) is 5.69 Å². The average Bonchev–Trinajstić information content (AvgIpc) is 3.14. The number of benzene rings is 2. The molecule has 7 nitrogen and oxygen atoms in total. The number of allylic oxidation sites excluding steroid dienone is 1. The first kappa shape index (κ1) is 32.4. The molecule has 0 saturated heterocycles. The Balaban J connectivity index is 1.45. The van der Waals surface area contributed by atoms with Crippen LogP contribution in [0.25, 0.3) is 0 Å². The highest BCUT2D eigenvalue weighted by Gasteiger charge is 2.54. The van der Waals surface area contributed by atoms with Crippen molar-refractivity contribution in [3.8, 4) is 11.8 Å². The van der Waals surface area contributed by atoms with Gasteiger partial charge in [-0.3, -0.25) is 0 Å². The first-order chi connectivity index (χ1) is 21.3. The van der Waals surface area contributed by atoms with Crippen LogP contribution in [0.1, 0.15) is 76.5 Å². The van der Waals surface area contributed by atoms with Gasteiger partial charge in [-0.25, -0.2) is 13.1 Å². The molecule has 9 heteroatoms. The number of nitriles is 1. The minimum absolute atomic E-state index is 0.112. The minimum Gasteiger partial charge on any atom is -0.490 e. The van der Waals surface area contributed by atoms with Crippen molar-refractivity contribution in [3.05, 3.63) is 70.3 Å². The first-order valence-corrected chi connectivity index (χ1v) is 18.3. The molecule has 2 bridgehead atoms. The van der Waals surface area contributed by atoms with Gasteiger partial charge in [0.1, 0.15) is 11.4 Å². The predicted molar refractivity (Wildman–Crippen MR) is 179 cm³/mol. The molecule has 2 aromatic carbocycles. The summed E-state index contributed by atoms with van der Waals surface area (Å²) in [7, 11) is -3.61. The van der Waals surface area contributed by atoms with E-state index in [0.29, 0.717) is 19.6 Å². The lowest BCUT2D eigenvalue weighted by atomic mass is 9.56. The zero-order valence-electron chi connectivity index (χ0n) is 26.9. The summed E-state index contributed by atoms with van der Waals surface area (Å²) >= 11 is 6.43. The Kier molecular flexibility index (Phi) is 8.56. The minimum atomic E-state index is -3.61. The van der Waals surface area contributed by atoms with Gasteiger partial charge in [0.05, 0.1) is 29.0 Å². The lowest BCUT2D eigenvalue weighted by Crippen LogP contribution is -2.57. The molecule has 0 radical (unpaired) electrons. The third-order valence-corrected chi connectivity index (χ3v) is 13.7. The predicted octanol–water partition coefficient (Wildman–Crippen LogP) is 6.52. The van der Waals surface area contributed by atoms with Crippen molar-refractivity contribution >= 4 is 27.3 Å². The van der Waals surface area contributed by atoms with Gasteiger partial charge in [-0.05, 0) is 118 Å². The number of nitrogens with one attached hydrogen (secondary N) is 1. The van der Waals surface area contributed by atoms with Gasteiger partial charge >= 0.3 is 0 Å². The van der Waals surface area contributed by atoms with Crippen LogP contribution in [0.15, 0.2) is 48.6 Å². The topological polar surface area (TPSA) is 103 Å². The van der Waals surface area contributed by atoms with E-state index in [1.54, 1.807) is 6.92 Å². The van der Waals surface area contributed by atoms with E-state index in [2.05, 4.69) is 33.9 Å². The summed E-state index contributed by atoms with van der Waals surface area (Å²) < 4.78 is 36.2. The van der Waals surface area contributed by atoms with Crippen LogP contribution >= 0.6 is 11.6 Å². The number of anilines is 1. The molecular weight excluding hydrogens is 606 g/mol. The van der Waals surface area contributed by atoms with Crippen molar-refractivity contribution in [1.29, 1.82) is 5.26 Å². The van der Waals surface area contributed by atoms with Gasteiger partial charge in [0.15, 0.2) is 0 Å². The lowest BCUT2D eigenvalue weighted by Gasteiger charge is -2.52. The molecule has 6 rings (SSSR count). The molecule has 6 atom stereocenters. The van der Waals surface area contributed by atoms with Gasteiger partial charge in [0.2, 0.25) is 10.0 Å². The molecule has 242 valence electrons. The summed E-state index contributed by atoms with van der Waals surface area (Å²) in [5.41, 5.74) is 1.74. The molecular formula is C36H46ClN3O4S. The zero-order valence-corrected chi connectivity index (χ0v) is 28.4. The van der Waals surface area contributed by atoms with Gasteiger partial charge in [0, 0.05) is 30.1 Å². The Labute approximate surface area is 273 Å². The number of sulfonamides is 1. The van der Waals surface area contributed by atoms with Gasteiger partial charge < -0.3 is 14.7 Å². The van der Waals surface area contributed by atoms with E-state index in [-0.39, 0.29) is 29.7 Å². The maximum Gasteiger partial charge on any atom is 0.214 e. The fraction of sp³-hybridized carbons (Fsp3) is 0.583. The Morgan fingerprint density at radius 1 is 1.18 bits per heavy atom. The molecule has 4 aliphatic rings. The third kappa shape index (κ3) is 5.79. The molecule has 0 aromatic heterocycles. The van der Waals surface area contributed by atoms with Crippen LogP contribution in [-0.2, 0) is 28.4 Å². The van der Waals surface area contributed by atoms with E-state index >= 15 is 0 Å². The van der Waals surface area contributed by atoms with Crippen LogP contribution < -0.4 is 14.4 Å². The summed E-state index contributed by atoms with van der Waals surface area (Å²) in [4.78, 5) is 2.42. The second kappa shape index (κ2) is 11.9. The van der Waals surface area contributed by atoms with Crippen molar-refractivity contribution in [2.24, 2.45) is 23.2 Å². The number of ether oxygens (including phenoxy) is 1. The molecule has 2 aromatic rings. The van der Waals surface area contributed by atoms with E-state index < -0.39 is 26.3 Å². The number of aliphatic hydroxyl groups is 1. The highest BCUT2D eigenvalue weighted by molar-refractivity contribution is 7.90. The molecule has 1 spiro atoms. The number of rotatable bonds is 1. The normalized spacial score (nSPS) is 33.8. The number of fused-ring (bicyclic) bond motifs is 4. The Morgan fingerprint density at radius 2 is 1.98 bits per heavy atom. The van der Waals surface area contributed by atoms with Crippen molar-refractivity contribution in [1.82, 2.24) is 4.72 Å². The van der Waals surface area contributed by atoms with Crippen LogP contribution in [0.2, 0.25) is 5.02 Å². The SMILES string of the molecule is C[C@@H]1[C@@H](C)C/C=C/[C@](O)(C(C)(C)C#N)[C@@H]2CC[C@H]2CN2C[C@@]3(CCCc4cc(Cl)ccc43)COc3ccc(cc32)CNS1(=O)=O. The smallest absolute Gasteiger partial charge is 0.214 e. The van der Waals surface area contributed by atoms with E-state index in [1.165, 1.54) is 11.1 Å². The molecule has 2 N–H and O–H groups in total. The maximum absolute atomic E-state index is 13.4. The highest BCUT2D eigenvalue weighted by Crippen LogP contribution is 2.52. The molecule has 2 aliphatic carbocycles. The van der Waals surface area contributed by atoms with Gasteiger partial charge in [-0.1, -0.05) is 42.8 Å². The lowest BCUT2D eigenvalue weighted by molar-refractivity contribution is -0.0994. The molecule has 2 aliphatic heterocycles. The first-order valence-electron chi connectivity index (χ1n) is 16.4. The Bertz CT molecular complexity index is 1640.